The molecule has 0 spiro atoms. The zero-order valence-corrected chi connectivity index (χ0v) is 20.2. The molecule has 0 saturated carbocycles. The minimum Gasteiger partial charge on any atom is -0.494 e. The summed E-state index contributed by atoms with van der Waals surface area (Å²) >= 11 is 0. The van der Waals surface area contributed by atoms with Crippen LogP contribution in [0.2, 0.25) is 0 Å². The molecule has 10 nitrogen and oxygen atoms in total. The van der Waals surface area contributed by atoms with E-state index in [2.05, 4.69) is 17.6 Å². The summed E-state index contributed by atoms with van der Waals surface area (Å²) in [5, 5.41) is 4.92. The fourth-order valence-electron chi connectivity index (χ4n) is 2.61. The summed E-state index contributed by atoms with van der Waals surface area (Å²) in [4.78, 5) is 36.1. The summed E-state index contributed by atoms with van der Waals surface area (Å²) in [5.74, 6) is -1.20. The second-order valence-corrected chi connectivity index (χ2v) is 9.58. The van der Waals surface area contributed by atoms with E-state index in [-0.39, 0.29) is 4.90 Å². The van der Waals surface area contributed by atoms with Crippen LogP contribution in [0.25, 0.3) is 0 Å². The molecule has 0 radical (unpaired) electrons. The van der Waals surface area contributed by atoms with E-state index >= 15 is 0 Å². The van der Waals surface area contributed by atoms with Crippen LogP contribution in [-0.2, 0) is 24.3 Å². The van der Waals surface area contributed by atoms with Gasteiger partial charge >= 0.3 is 5.97 Å². The predicted octanol–water partition coefficient (Wildman–Crippen LogP) is 2.03. The first kappa shape index (κ1) is 26.8. The molecule has 0 bridgehead atoms. The van der Waals surface area contributed by atoms with Crippen LogP contribution in [0.5, 0.6) is 5.75 Å². The summed E-state index contributed by atoms with van der Waals surface area (Å²) in [5.41, 5.74) is 0.697. The van der Waals surface area contributed by atoms with E-state index < -0.39 is 41.0 Å². The van der Waals surface area contributed by atoms with Crippen molar-refractivity contribution in [1.82, 2.24) is 9.62 Å². The highest BCUT2D eigenvalue weighted by Crippen LogP contribution is 2.16. The summed E-state index contributed by atoms with van der Waals surface area (Å²) < 4.78 is 35.6. The standard InChI is InChI=1S/C23H29N3O7S/c1-4-5-14-32-19-10-6-17(7-11-19)23(29)24-15-22(28)33-16-21(27)25-18-8-12-20(13-9-18)34(30,31)26(2)3/h6-13H,4-5,14-16H2,1-3H3,(H,24,29)(H,25,27). The van der Waals surface area contributed by atoms with Crippen molar-refractivity contribution >= 4 is 33.5 Å². The van der Waals surface area contributed by atoms with Gasteiger partial charge in [0.15, 0.2) is 6.61 Å². The van der Waals surface area contributed by atoms with Crippen LogP contribution < -0.4 is 15.4 Å². The average molecular weight is 492 g/mol. The molecule has 0 aliphatic carbocycles. The number of hydrogen-bond acceptors (Lipinski definition) is 7. The Bertz CT molecular complexity index is 1080. The van der Waals surface area contributed by atoms with Gasteiger partial charge in [-0.05, 0) is 55.0 Å². The second-order valence-electron chi connectivity index (χ2n) is 7.43. The third-order valence-corrected chi connectivity index (χ3v) is 6.39. The van der Waals surface area contributed by atoms with Gasteiger partial charge in [-0.25, -0.2) is 12.7 Å². The monoisotopic (exact) mass is 491 g/mol. The Labute approximate surface area is 199 Å². The molecule has 0 atom stereocenters. The molecule has 2 aromatic rings. The molecule has 0 aliphatic heterocycles. The molecule has 0 unspecified atom stereocenters. The lowest BCUT2D eigenvalue weighted by atomic mass is 10.2. The van der Waals surface area contributed by atoms with Crippen LogP contribution >= 0.6 is 0 Å². The Morgan fingerprint density at radius 1 is 0.971 bits per heavy atom. The molecule has 0 aliphatic rings. The SMILES string of the molecule is CCCCOc1ccc(C(=O)NCC(=O)OCC(=O)Nc2ccc(S(=O)(=O)N(C)C)cc2)cc1. The normalized spacial score (nSPS) is 11.1. The summed E-state index contributed by atoms with van der Waals surface area (Å²) in [7, 11) is -0.737. The lowest BCUT2D eigenvalue weighted by Crippen LogP contribution is -2.32. The Morgan fingerprint density at radius 2 is 1.62 bits per heavy atom. The van der Waals surface area contributed by atoms with Gasteiger partial charge in [0.25, 0.3) is 11.8 Å². The number of nitrogens with one attached hydrogen (secondary N) is 2. The van der Waals surface area contributed by atoms with Crippen molar-refractivity contribution in [2.75, 3.05) is 39.2 Å². The fraction of sp³-hybridized carbons (Fsp3) is 0.348. The smallest absolute Gasteiger partial charge is 0.325 e. The Hall–Kier alpha value is -3.44. The van der Waals surface area contributed by atoms with Gasteiger partial charge in [-0.1, -0.05) is 13.3 Å². The largest absolute Gasteiger partial charge is 0.494 e. The van der Waals surface area contributed by atoms with Crippen molar-refractivity contribution in [2.45, 2.75) is 24.7 Å². The van der Waals surface area contributed by atoms with Gasteiger partial charge in [0.05, 0.1) is 11.5 Å². The molecule has 0 fully saturated rings. The van der Waals surface area contributed by atoms with Crippen molar-refractivity contribution in [2.24, 2.45) is 0 Å². The van der Waals surface area contributed by atoms with Crippen molar-refractivity contribution < 1.29 is 32.3 Å². The molecule has 0 aromatic heterocycles. The van der Waals surface area contributed by atoms with Gasteiger partial charge in [-0.15, -0.1) is 0 Å². The quantitative estimate of drug-likeness (QED) is 0.343. The topological polar surface area (TPSA) is 131 Å². The van der Waals surface area contributed by atoms with Gasteiger partial charge in [-0.3, -0.25) is 14.4 Å². The average Bonchev–Trinajstić information content (AvgIpc) is 2.82. The molecule has 184 valence electrons. The molecule has 2 amide bonds. The summed E-state index contributed by atoms with van der Waals surface area (Å²) in [6.07, 6.45) is 1.96. The molecule has 2 N–H and O–H groups in total. The van der Waals surface area contributed by atoms with Crippen molar-refractivity contribution in [3.63, 3.8) is 0 Å². The minimum absolute atomic E-state index is 0.0799. The number of ether oxygens (including phenoxy) is 2. The molecular formula is C23H29N3O7S. The first-order valence-electron chi connectivity index (χ1n) is 10.6. The van der Waals surface area contributed by atoms with Crippen LogP contribution in [0.4, 0.5) is 5.69 Å². The molecule has 0 saturated heterocycles. The zero-order chi connectivity index (χ0) is 25.1. The third kappa shape index (κ3) is 8.16. The Kier molecular flexibility index (Phi) is 10.0. The summed E-state index contributed by atoms with van der Waals surface area (Å²) in [6.45, 7) is 1.70. The van der Waals surface area contributed by atoms with E-state index in [4.69, 9.17) is 9.47 Å². The molecular weight excluding hydrogens is 462 g/mol. The van der Waals surface area contributed by atoms with E-state index in [9.17, 15) is 22.8 Å². The molecule has 34 heavy (non-hydrogen) atoms. The minimum atomic E-state index is -3.57. The number of rotatable bonds is 12. The van der Waals surface area contributed by atoms with Gasteiger partial charge in [0.1, 0.15) is 12.3 Å². The molecule has 11 heteroatoms. The molecule has 2 rings (SSSR count). The first-order valence-corrected chi connectivity index (χ1v) is 12.1. The number of sulfonamides is 1. The lowest BCUT2D eigenvalue weighted by Gasteiger charge is -2.12. The van der Waals surface area contributed by atoms with Crippen molar-refractivity contribution in [3.05, 3.63) is 54.1 Å². The van der Waals surface area contributed by atoms with E-state index in [1.807, 2.05) is 0 Å². The second kappa shape index (κ2) is 12.7. The molecule has 2 aromatic carbocycles. The highest BCUT2D eigenvalue weighted by atomic mass is 32.2. The van der Waals surface area contributed by atoms with Crippen LogP contribution in [0.15, 0.2) is 53.4 Å². The maximum Gasteiger partial charge on any atom is 0.325 e. The van der Waals surface area contributed by atoms with Crippen molar-refractivity contribution in [1.29, 1.82) is 0 Å². The first-order chi connectivity index (χ1) is 16.1. The number of amides is 2. The zero-order valence-electron chi connectivity index (χ0n) is 19.4. The van der Waals surface area contributed by atoms with Crippen molar-refractivity contribution in [3.8, 4) is 5.75 Å². The number of hydrogen-bond donors (Lipinski definition) is 2. The van der Waals surface area contributed by atoms with E-state index in [1.54, 1.807) is 24.3 Å². The number of carbonyl (C=O) groups is 3. The van der Waals surface area contributed by atoms with Crippen LogP contribution in [-0.4, -0.2) is 64.4 Å². The lowest BCUT2D eigenvalue weighted by molar-refractivity contribution is -0.146. The number of esters is 1. The van der Waals surface area contributed by atoms with Gasteiger partial charge < -0.3 is 20.1 Å². The Balaban J connectivity index is 1.74. The van der Waals surface area contributed by atoms with Crippen LogP contribution in [0, 0.1) is 0 Å². The van der Waals surface area contributed by atoms with Gasteiger partial charge in [0, 0.05) is 25.3 Å². The highest BCUT2D eigenvalue weighted by Gasteiger charge is 2.17. The maximum absolute atomic E-state index is 12.2. The maximum atomic E-state index is 12.2. The van der Waals surface area contributed by atoms with Gasteiger partial charge in [0.2, 0.25) is 10.0 Å². The number of benzene rings is 2. The number of nitrogens with zero attached hydrogens (tertiary/aromatic N) is 1. The Morgan fingerprint density at radius 3 is 2.21 bits per heavy atom. The van der Waals surface area contributed by atoms with Gasteiger partial charge in [-0.2, -0.15) is 0 Å². The van der Waals surface area contributed by atoms with Crippen LogP contribution in [0.1, 0.15) is 30.1 Å². The van der Waals surface area contributed by atoms with E-state index in [0.717, 1.165) is 17.1 Å². The molecule has 0 heterocycles. The number of carbonyl (C=O) groups excluding carboxylic acids is 3. The predicted molar refractivity (Wildman–Crippen MR) is 126 cm³/mol. The summed E-state index contributed by atoms with van der Waals surface area (Å²) in [6, 6.07) is 12.1. The third-order valence-electron chi connectivity index (χ3n) is 4.56. The van der Waals surface area contributed by atoms with E-state index in [0.29, 0.717) is 23.6 Å². The fourth-order valence-corrected chi connectivity index (χ4v) is 3.51. The van der Waals surface area contributed by atoms with Crippen LogP contribution in [0.3, 0.4) is 0 Å². The van der Waals surface area contributed by atoms with E-state index in [1.165, 1.54) is 38.4 Å². The number of unbranched alkanes of at least 4 members (excludes halogenated alkanes) is 1. The number of anilines is 1. The highest BCUT2D eigenvalue weighted by molar-refractivity contribution is 7.89.